The molecule has 2 aromatic rings. The number of hydrogen-bond acceptors (Lipinski definition) is 2. The highest BCUT2D eigenvalue weighted by molar-refractivity contribution is 9.10. The Labute approximate surface area is 96.3 Å². The average molecular weight is 259 g/mol. The first-order valence-corrected chi connectivity index (χ1v) is 5.21. The van der Waals surface area contributed by atoms with Crippen LogP contribution in [0.2, 0.25) is 0 Å². The van der Waals surface area contributed by atoms with Crippen molar-refractivity contribution in [2.75, 3.05) is 0 Å². The normalized spacial score (nSPS) is 9.60. The monoisotopic (exact) mass is 258 g/mol. The minimum atomic E-state index is 0.412. The molecule has 0 saturated heterocycles. The van der Waals surface area contributed by atoms with Crippen LogP contribution in [-0.4, -0.2) is 4.98 Å². The SMILES string of the molecule is N#Cc1ncc(-c2ccccc2)cc1Br. The summed E-state index contributed by atoms with van der Waals surface area (Å²) in [6, 6.07) is 13.9. The van der Waals surface area contributed by atoms with E-state index >= 15 is 0 Å². The van der Waals surface area contributed by atoms with Crippen LogP contribution in [0.3, 0.4) is 0 Å². The molecule has 1 heterocycles. The smallest absolute Gasteiger partial charge is 0.154 e. The summed E-state index contributed by atoms with van der Waals surface area (Å²) >= 11 is 3.32. The number of nitriles is 1. The highest BCUT2D eigenvalue weighted by Crippen LogP contribution is 2.23. The molecule has 0 atom stereocenters. The van der Waals surface area contributed by atoms with Crippen LogP contribution < -0.4 is 0 Å². The van der Waals surface area contributed by atoms with Gasteiger partial charge in [-0.2, -0.15) is 5.26 Å². The highest BCUT2D eigenvalue weighted by Gasteiger charge is 2.03. The van der Waals surface area contributed by atoms with Crippen LogP contribution in [-0.2, 0) is 0 Å². The molecule has 0 bridgehead atoms. The molecule has 0 aliphatic heterocycles. The first-order valence-electron chi connectivity index (χ1n) is 4.42. The second-order valence-corrected chi connectivity index (χ2v) is 3.89. The maximum Gasteiger partial charge on any atom is 0.154 e. The Bertz CT molecular complexity index is 515. The van der Waals surface area contributed by atoms with Crippen molar-refractivity contribution in [3.63, 3.8) is 0 Å². The van der Waals surface area contributed by atoms with E-state index in [0.717, 1.165) is 15.6 Å². The number of nitrogens with zero attached hydrogens (tertiary/aromatic N) is 2. The molecule has 2 nitrogen and oxygen atoms in total. The van der Waals surface area contributed by atoms with Gasteiger partial charge in [0.1, 0.15) is 6.07 Å². The zero-order valence-corrected chi connectivity index (χ0v) is 9.40. The first kappa shape index (κ1) is 9.88. The van der Waals surface area contributed by atoms with E-state index in [-0.39, 0.29) is 0 Å². The maximum atomic E-state index is 8.74. The Balaban J connectivity index is 2.49. The molecule has 0 saturated carbocycles. The van der Waals surface area contributed by atoms with Crippen molar-refractivity contribution in [2.45, 2.75) is 0 Å². The van der Waals surface area contributed by atoms with Crippen molar-refractivity contribution in [1.82, 2.24) is 4.98 Å². The van der Waals surface area contributed by atoms with Crippen LogP contribution in [0.25, 0.3) is 11.1 Å². The zero-order valence-electron chi connectivity index (χ0n) is 7.81. The number of hydrogen-bond donors (Lipinski definition) is 0. The third kappa shape index (κ3) is 2.05. The van der Waals surface area contributed by atoms with E-state index in [0.29, 0.717) is 5.69 Å². The summed E-state index contributed by atoms with van der Waals surface area (Å²) in [5, 5.41) is 8.74. The van der Waals surface area contributed by atoms with Gasteiger partial charge in [-0.05, 0) is 27.6 Å². The number of rotatable bonds is 1. The Kier molecular flexibility index (Phi) is 2.79. The standard InChI is InChI=1S/C12H7BrN2/c13-11-6-10(8-15-12(11)7-14)9-4-2-1-3-5-9/h1-6,8H. The average Bonchev–Trinajstić information content (AvgIpc) is 2.30. The Morgan fingerprint density at radius 1 is 1.13 bits per heavy atom. The molecule has 0 aliphatic rings. The van der Waals surface area contributed by atoms with E-state index in [1.54, 1.807) is 6.20 Å². The van der Waals surface area contributed by atoms with E-state index < -0.39 is 0 Å². The summed E-state index contributed by atoms with van der Waals surface area (Å²) in [7, 11) is 0. The van der Waals surface area contributed by atoms with E-state index in [9.17, 15) is 0 Å². The molecule has 72 valence electrons. The predicted molar refractivity (Wildman–Crippen MR) is 62.1 cm³/mol. The molecule has 0 amide bonds. The van der Waals surface area contributed by atoms with Gasteiger partial charge in [0, 0.05) is 11.8 Å². The number of aromatic nitrogens is 1. The second-order valence-electron chi connectivity index (χ2n) is 3.03. The minimum absolute atomic E-state index is 0.412. The summed E-state index contributed by atoms with van der Waals surface area (Å²) in [6.07, 6.45) is 1.71. The van der Waals surface area contributed by atoms with Crippen molar-refractivity contribution in [1.29, 1.82) is 5.26 Å². The molecule has 0 spiro atoms. The van der Waals surface area contributed by atoms with Crippen molar-refractivity contribution in [3.8, 4) is 17.2 Å². The predicted octanol–water partition coefficient (Wildman–Crippen LogP) is 3.38. The fourth-order valence-electron chi connectivity index (χ4n) is 1.31. The maximum absolute atomic E-state index is 8.74. The van der Waals surface area contributed by atoms with E-state index in [1.165, 1.54) is 0 Å². The lowest BCUT2D eigenvalue weighted by Gasteiger charge is -2.01. The van der Waals surface area contributed by atoms with Crippen LogP contribution in [0.4, 0.5) is 0 Å². The molecule has 0 fully saturated rings. The number of halogens is 1. The summed E-state index contributed by atoms with van der Waals surface area (Å²) in [5.74, 6) is 0. The molecule has 0 aliphatic carbocycles. The zero-order chi connectivity index (χ0) is 10.7. The molecule has 2 rings (SSSR count). The summed E-state index contributed by atoms with van der Waals surface area (Å²) in [4.78, 5) is 4.07. The summed E-state index contributed by atoms with van der Waals surface area (Å²) in [6.45, 7) is 0. The first-order chi connectivity index (χ1) is 7.31. The van der Waals surface area contributed by atoms with Crippen LogP contribution in [0, 0.1) is 11.3 Å². The minimum Gasteiger partial charge on any atom is -0.244 e. The number of pyridine rings is 1. The van der Waals surface area contributed by atoms with E-state index in [2.05, 4.69) is 20.9 Å². The van der Waals surface area contributed by atoms with E-state index in [1.807, 2.05) is 42.5 Å². The molecule has 15 heavy (non-hydrogen) atoms. The summed E-state index contributed by atoms with van der Waals surface area (Å²) in [5.41, 5.74) is 2.51. The Morgan fingerprint density at radius 3 is 2.47 bits per heavy atom. The molecule has 0 unspecified atom stereocenters. The lowest BCUT2D eigenvalue weighted by Crippen LogP contribution is -1.86. The van der Waals surface area contributed by atoms with Crippen molar-refractivity contribution in [3.05, 3.63) is 52.8 Å². The van der Waals surface area contributed by atoms with Gasteiger partial charge in [0.05, 0.1) is 4.47 Å². The summed E-state index contributed by atoms with van der Waals surface area (Å²) < 4.78 is 0.728. The van der Waals surface area contributed by atoms with Gasteiger partial charge >= 0.3 is 0 Å². The van der Waals surface area contributed by atoms with Gasteiger partial charge < -0.3 is 0 Å². The van der Waals surface area contributed by atoms with Gasteiger partial charge in [-0.3, -0.25) is 0 Å². The van der Waals surface area contributed by atoms with Gasteiger partial charge in [-0.1, -0.05) is 30.3 Å². The Hall–Kier alpha value is -1.66. The third-order valence-corrected chi connectivity index (χ3v) is 2.66. The van der Waals surface area contributed by atoms with Crippen LogP contribution in [0.15, 0.2) is 47.1 Å². The van der Waals surface area contributed by atoms with Gasteiger partial charge in [0.2, 0.25) is 0 Å². The number of benzene rings is 1. The third-order valence-electron chi connectivity index (χ3n) is 2.05. The molecular formula is C12H7BrN2. The quantitative estimate of drug-likeness (QED) is 0.787. The van der Waals surface area contributed by atoms with Crippen molar-refractivity contribution < 1.29 is 0 Å². The molecule has 0 radical (unpaired) electrons. The van der Waals surface area contributed by atoms with Gasteiger partial charge in [-0.25, -0.2) is 4.98 Å². The van der Waals surface area contributed by atoms with Gasteiger partial charge in [-0.15, -0.1) is 0 Å². The Morgan fingerprint density at radius 2 is 1.87 bits per heavy atom. The van der Waals surface area contributed by atoms with Crippen LogP contribution in [0.5, 0.6) is 0 Å². The van der Waals surface area contributed by atoms with Gasteiger partial charge in [0.25, 0.3) is 0 Å². The van der Waals surface area contributed by atoms with Gasteiger partial charge in [0.15, 0.2) is 5.69 Å². The molecule has 0 N–H and O–H groups in total. The lowest BCUT2D eigenvalue weighted by molar-refractivity contribution is 1.25. The van der Waals surface area contributed by atoms with Crippen molar-refractivity contribution in [2.24, 2.45) is 0 Å². The molecule has 1 aromatic heterocycles. The molecule has 3 heteroatoms. The topological polar surface area (TPSA) is 36.7 Å². The highest BCUT2D eigenvalue weighted by atomic mass is 79.9. The van der Waals surface area contributed by atoms with Crippen LogP contribution >= 0.6 is 15.9 Å². The molecular weight excluding hydrogens is 252 g/mol. The second kappa shape index (κ2) is 4.24. The largest absolute Gasteiger partial charge is 0.244 e. The van der Waals surface area contributed by atoms with E-state index in [4.69, 9.17) is 5.26 Å². The molecule has 1 aromatic carbocycles. The van der Waals surface area contributed by atoms with Crippen molar-refractivity contribution >= 4 is 15.9 Å². The van der Waals surface area contributed by atoms with Crippen LogP contribution in [0.1, 0.15) is 5.69 Å². The lowest BCUT2D eigenvalue weighted by atomic mass is 10.1. The fourth-order valence-corrected chi connectivity index (χ4v) is 1.75. The fraction of sp³-hybridized carbons (Fsp3) is 0.